The van der Waals surface area contributed by atoms with Crippen LogP contribution in [0.4, 0.5) is 5.69 Å². The van der Waals surface area contributed by atoms with Crippen molar-refractivity contribution in [1.29, 1.82) is 0 Å². The van der Waals surface area contributed by atoms with Crippen LogP contribution in [0.1, 0.15) is 41.8 Å². The van der Waals surface area contributed by atoms with Gasteiger partial charge in [0, 0.05) is 28.9 Å². The molecule has 0 unspecified atom stereocenters. The molecule has 186 valence electrons. The highest BCUT2D eigenvalue weighted by Crippen LogP contribution is 2.37. The summed E-state index contributed by atoms with van der Waals surface area (Å²) in [5, 5.41) is 6.74. The van der Waals surface area contributed by atoms with E-state index in [1.807, 2.05) is 12.1 Å². The first-order valence-electron chi connectivity index (χ1n) is 11.2. The smallest absolute Gasteiger partial charge is 0.269 e. The number of anilines is 1. The molecule has 1 amide bonds. The van der Waals surface area contributed by atoms with E-state index in [1.54, 1.807) is 32.4 Å². The Labute approximate surface area is 219 Å². The predicted molar refractivity (Wildman–Crippen MR) is 145 cm³/mol. The van der Waals surface area contributed by atoms with Crippen molar-refractivity contribution in [3.8, 4) is 5.75 Å². The number of sulfonamides is 1. The van der Waals surface area contributed by atoms with Crippen LogP contribution in [0.3, 0.4) is 0 Å². The molecule has 0 aliphatic heterocycles. The Morgan fingerprint density at radius 2 is 1.83 bits per heavy atom. The lowest BCUT2D eigenvalue weighted by molar-refractivity contribution is 0.0982. The van der Waals surface area contributed by atoms with Crippen molar-refractivity contribution in [2.75, 3.05) is 19.5 Å². The minimum absolute atomic E-state index is 0.0381. The molecule has 2 aromatic carbocycles. The summed E-state index contributed by atoms with van der Waals surface area (Å²) in [6.07, 6.45) is 5.04. The van der Waals surface area contributed by atoms with Crippen molar-refractivity contribution in [1.82, 2.24) is 9.62 Å². The number of hydrogen-bond acceptors (Lipinski definition) is 6. The number of thiocarbonyl (C=S) groups is 1. The third-order valence-corrected chi connectivity index (χ3v) is 9.93. The van der Waals surface area contributed by atoms with Gasteiger partial charge in [-0.15, -0.1) is 11.3 Å². The maximum absolute atomic E-state index is 13.0. The average Bonchev–Trinajstić information content (AvgIpc) is 3.20. The molecule has 1 aliphatic carbocycles. The van der Waals surface area contributed by atoms with Gasteiger partial charge in [-0.25, -0.2) is 8.42 Å². The first-order chi connectivity index (χ1) is 16.7. The highest BCUT2D eigenvalue weighted by molar-refractivity contribution is 7.89. The fourth-order valence-electron chi connectivity index (χ4n) is 4.16. The van der Waals surface area contributed by atoms with E-state index < -0.39 is 15.9 Å². The number of hydrogen-bond donors (Lipinski definition) is 2. The molecule has 11 heteroatoms. The highest BCUT2D eigenvalue weighted by Gasteiger charge is 2.29. The largest absolute Gasteiger partial charge is 0.497 e. The van der Waals surface area contributed by atoms with Crippen molar-refractivity contribution in [2.45, 2.75) is 43.0 Å². The van der Waals surface area contributed by atoms with Crippen molar-refractivity contribution in [3.63, 3.8) is 0 Å². The van der Waals surface area contributed by atoms with Gasteiger partial charge >= 0.3 is 0 Å². The second-order valence-corrected chi connectivity index (χ2v) is 12.2. The topological polar surface area (TPSA) is 87.7 Å². The molecule has 1 saturated carbocycles. The number of halogens is 1. The third kappa shape index (κ3) is 5.62. The van der Waals surface area contributed by atoms with Crippen LogP contribution in [-0.4, -0.2) is 43.9 Å². The molecule has 35 heavy (non-hydrogen) atoms. The summed E-state index contributed by atoms with van der Waals surface area (Å²) < 4.78 is 33.6. The van der Waals surface area contributed by atoms with Gasteiger partial charge in [0.1, 0.15) is 10.6 Å². The van der Waals surface area contributed by atoms with Crippen LogP contribution in [0, 0.1) is 0 Å². The number of amides is 1. The van der Waals surface area contributed by atoms with Crippen LogP contribution >= 0.6 is 35.2 Å². The number of fused-ring (bicyclic) bond motifs is 1. The molecule has 1 aromatic heterocycles. The summed E-state index contributed by atoms with van der Waals surface area (Å²) in [6, 6.07) is 11.8. The molecule has 0 saturated heterocycles. The fraction of sp³-hybridized carbons (Fsp3) is 0.333. The summed E-state index contributed by atoms with van der Waals surface area (Å²) in [4.78, 5) is 13.3. The lowest BCUT2D eigenvalue weighted by Gasteiger charge is -2.30. The molecular formula is C24H26ClN3O4S3. The molecule has 0 radical (unpaired) electrons. The minimum Gasteiger partial charge on any atom is -0.497 e. The molecule has 0 spiro atoms. The molecule has 3 aromatic rings. The second kappa shape index (κ2) is 10.8. The summed E-state index contributed by atoms with van der Waals surface area (Å²) in [7, 11) is -0.356. The van der Waals surface area contributed by atoms with Gasteiger partial charge in [-0.05, 0) is 67.5 Å². The molecule has 7 nitrogen and oxygen atoms in total. The van der Waals surface area contributed by atoms with Crippen LogP contribution < -0.4 is 15.4 Å². The van der Waals surface area contributed by atoms with Crippen molar-refractivity contribution < 1.29 is 17.9 Å². The van der Waals surface area contributed by atoms with Gasteiger partial charge < -0.3 is 10.1 Å². The van der Waals surface area contributed by atoms with Crippen molar-refractivity contribution in [3.05, 3.63) is 52.4 Å². The summed E-state index contributed by atoms with van der Waals surface area (Å²) in [6.45, 7) is 0. The molecule has 1 heterocycles. The van der Waals surface area contributed by atoms with E-state index in [9.17, 15) is 13.2 Å². The molecule has 1 fully saturated rings. The Kier molecular flexibility index (Phi) is 7.97. The zero-order valence-electron chi connectivity index (χ0n) is 19.3. The Morgan fingerprint density at radius 3 is 2.49 bits per heavy atom. The molecule has 4 rings (SSSR count). The van der Waals surface area contributed by atoms with Gasteiger partial charge in [-0.2, -0.15) is 4.31 Å². The Bertz CT molecular complexity index is 1350. The third-order valence-electron chi connectivity index (χ3n) is 6.15. The number of thiophene rings is 1. The summed E-state index contributed by atoms with van der Waals surface area (Å²) in [5.74, 6) is 0.246. The lowest BCUT2D eigenvalue weighted by atomic mass is 9.96. The fourth-order valence-corrected chi connectivity index (χ4v) is 7.23. The summed E-state index contributed by atoms with van der Waals surface area (Å²) in [5.41, 5.74) is 0.557. The Balaban J connectivity index is 1.41. The van der Waals surface area contributed by atoms with Gasteiger partial charge in [0.15, 0.2) is 5.11 Å². The first-order valence-corrected chi connectivity index (χ1v) is 14.2. The number of rotatable bonds is 6. The van der Waals surface area contributed by atoms with Gasteiger partial charge in [-0.3, -0.25) is 10.1 Å². The van der Waals surface area contributed by atoms with E-state index in [2.05, 4.69) is 10.6 Å². The van der Waals surface area contributed by atoms with E-state index in [-0.39, 0.29) is 16.0 Å². The minimum atomic E-state index is -3.58. The number of carbonyl (C=O) groups is 1. The SMILES string of the molecule is COc1ccc2c(Cl)c(C(=O)NC(=S)Nc3ccc(S(=O)(=O)N(C)C4CCCCC4)cc3)sc2c1. The zero-order chi connectivity index (χ0) is 25.2. The quantitative estimate of drug-likeness (QED) is 0.385. The highest BCUT2D eigenvalue weighted by atomic mass is 35.5. The van der Waals surface area contributed by atoms with E-state index in [4.69, 9.17) is 28.6 Å². The molecule has 0 atom stereocenters. The van der Waals surface area contributed by atoms with Gasteiger partial charge in [-0.1, -0.05) is 30.9 Å². The van der Waals surface area contributed by atoms with E-state index in [0.29, 0.717) is 21.3 Å². The van der Waals surface area contributed by atoms with Gasteiger partial charge in [0.2, 0.25) is 10.0 Å². The van der Waals surface area contributed by atoms with Crippen LogP contribution in [0.2, 0.25) is 5.02 Å². The monoisotopic (exact) mass is 551 g/mol. The van der Waals surface area contributed by atoms with Gasteiger partial charge in [0.05, 0.1) is 17.0 Å². The first kappa shape index (κ1) is 25.8. The number of carbonyl (C=O) groups excluding carboxylic acids is 1. The Morgan fingerprint density at radius 1 is 1.14 bits per heavy atom. The number of methoxy groups -OCH3 is 1. The molecule has 0 bridgehead atoms. The van der Waals surface area contributed by atoms with E-state index in [0.717, 1.165) is 42.2 Å². The van der Waals surface area contributed by atoms with Crippen LogP contribution in [0.15, 0.2) is 47.4 Å². The normalized spacial score (nSPS) is 14.7. The maximum Gasteiger partial charge on any atom is 0.269 e. The lowest BCUT2D eigenvalue weighted by Crippen LogP contribution is -2.38. The number of ether oxygens (including phenoxy) is 1. The molecular weight excluding hydrogens is 526 g/mol. The van der Waals surface area contributed by atoms with Crippen LogP contribution in [0.25, 0.3) is 10.1 Å². The predicted octanol–water partition coefficient (Wildman–Crippen LogP) is 5.64. The van der Waals surface area contributed by atoms with Gasteiger partial charge in [0.25, 0.3) is 5.91 Å². The summed E-state index contributed by atoms with van der Waals surface area (Å²) >= 11 is 12.9. The van der Waals surface area contributed by atoms with Crippen molar-refractivity contribution >= 4 is 72.0 Å². The maximum atomic E-state index is 13.0. The van der Waals surface area contributed by atoms with E-state index in [1.165, 1.54) is 27.8 Å². The zero-order valence-corrected chi connectivity index (χ0v) is 22.5. The van der Waals surface area contributed by atoms with Crippen LogP contribution in [-0.2, 0) is 10.0 Å². The molecule has 2 N–H and O–H groups in total. The van der Waals surface area contributed by atoms with Crippen molar-refractivity contribution in [2.24, 2.45) is 0 Å². The Hall–Kier alpha value is -2.24. The second-order valence-electron chi connectivity index (χ2n) is 8.35. The number of nitrogens with zero attached hydrogens (tertiary/aromatic N) is 1. The standard InChI is InChI=1S/C24H26ClN3O4S3/c1-28(16-6-4-3-5-7-16)35(30,31)18-11-8-15(9-12-18)26-24(33)27-23(29)22-21(25)19-13-10-17(32-2)14-20(19)34-22/h8-14,16H,3-7H2,1-2H3,(H2,26,27,29,33). The molecule has 1 aliphatic rings. The number of nitrogens with one attached hydrogen (secondary N) is 2. The average molecular weight is 552 g/mol. The van der Waals surface area contributed by atoms with E-state index >= 15 is 0 Å². The number of benzene rings is 2. The van der Waals surface area contributed by atoms with Crippen LogP contribution in [0.5, 0.6) is 5.75 Å².